The third-order valence-electron chi connectivity index (χ3n) is 2.93. The quantitative estimate of drug-likeness (QED) is 0.867. The molecule has 0 aliphatic rings. The summed E-state index contributed by atoms with van der Waals surface area (Å²) in [6, 6.07) is 5.75. The lowest BCUT2D eigenvalue weighted by atomic mass is 10.3. The van der Waals surface area contributed by atoms with Crippen molar-refractivity contribution in [3.8, 4) is 0 Å². The van der Waals surface area contributed by atoms with Crippen molar-refractivity contribution in [3.05, 3.63) is 47.0 Å². The number of aromatic nitrogens is 2. The molecule has 2 rings (SSSR count). The van der Waals surface area contributed by atoms with Gasteiger partial charge >= 0.3 is 0 Å². The van der Waals surface area contributed by atoms with Crippen molar-refractivity contribution < 1.29 is 4.79 Å². The number of hydrogen-bond donors (Lipinski definition) is 0. The van der Waals surface area contributed by atoms with E-state index in [1.165, 1.54) is 0 Å². The highest BCUT2D eigenvalue weighted by molar-refractivity contribution is 9.10. The van der Waals surface area contributed by atoms with Crippen LogP contribution in [-0.2, 0) is 0 Å². The molecular weight excluding hydrogens is 306 g/mol. The van der Waals surface area contributed by atoms with Crippen molar-refractivity contribution in [2.24, 2.45) is 0 Å². The fraction of sp³-hybridized carbons (Fsp3) is 0.286. The van der Waals surface area contributed by atoms with E-state index in [9.17, 15) is 4.79 Å². The molecule has 19 heavy (non-hydrogen) atoms. The summed E-state index contributed by atoms with van der Waals surface area (Å²) in [5, 5.41) is 0. The van der Waals surface area contributed by atoms with E-state index in [4.69, 9.17) is 0 Å². The van der Waals surface area contributed by atoms with Crippen LogP contribution in [0.3, 0.4) is 0 Å². The Morgan fingerprint density at radius 3 is 2.79 bits per heavy atom. The lowest BCUT2D eigenvalue weighted by Gasteiger charge is -2.19. The first-order valence-corrected chi connectivity index (χ1v) is 6.85. The molecule has 0 aliphatic heterocycles. The summed E-state index contributed by atoms with van der Waals surface area (Å²) < 4.78 is 2.86. The second-order valence-corrected chi connectivity index (χ2v) is 5.54. The molecule has 5 heteroatoms. The van der Waals surface area contributed by atoms with Gasteiger partial charge in [0.15, 0.2) is 0 Å². The molecule has 0 N–H and O–H groups in total. The molecule has 0 aromatic carbocycles. The zero-order valence-electron chi connectivity index (χ0n) is 11.2. The molecule has 0 saturated heterocycles. The van der Waals surface area contributed by atoms with Gasteiger partial charge in [0.05, 0.1) is 11.9 Å². The van der Waals surface area contributed by atoms with Crippen molar-refractivity contribution in [1.82, 2.24) is 9.55 Å². The van der Waals surface area contributed by atoms with Gasteiger partial charge in [-0.25, -0.2) is 0 Å². The zero-order chi connectivity index (χ0) is 14.0. The van der Waals surface area contributed by atoms with Crippen LogP contribution in [-0.4, -0.2) is 22.5 Å². The summed E-state index contributed by atoms with van der Waals surface area (Å²) in [7, 11) is 1.75. The fourth-order valence-corrected chi connectivity index (χ4v) is 2.32. The Labute approximate surface area is 121 Å². The highest BCUT2D eigenvalue weighted by Crippen LogP contribution is 2.22. The van der Waals surface area contributed by atoms with E-state index < -0.39 is 0 Å². The molecule has 0 aliphatic carbocycles. The van der Waals surface area contributed by atoms with E-state index in [2.05, 4.69) is 20.9 Å². The number of amides is 1. The van der Waals surface area contributed by atoms with Crippen molar-refractivity contribution in [2.75, 3.05) is 11.9 Å². The summed E-state index contributed by atoms with van der Waals surface area (Å²) in [5.41, 5.74) is 1.44. The van der Waals surface area contributed by atoms with Gasteiger partial charge in [-0.05, 0) is 48.0 Å². The fourth-order valence-electron chi connectivity index (χ4n) is 1.89. The van der Waals surface area contributed by atoms with Crippen LogP contribution in [0.4, 0.5) is 5.69 Å². The van der Waals surface area contributed by atoms with Gasteiger partial charge in [-0.2, -0.15) is 0 Å². The highest BCUT2D eigenvalue weighted by Gasteiger charge is 2.19. The predicted octanol–water partition coefficient (Wildman–Crippen LogP) is 3.50. The molecule has 0 bridgehead atoms. The number of rotatable bonds is 3. The standard InChI is InChI=1S/C14H16BrN3O/c1-10(2)18-9-11(15)7-13(18)14(19)17(3)12-5-4-6-16-8-12/h4-10H,1-3H3. The minimum absolute atomic E-state index is 0.0487. The number of carbonyl (C=O) groups is 1. The average Bonchev–Trinajstić information content (AvgIpc) is 2.80. The van der Waals surface area contributed by atoms with Gasteiger partial charge in [0.2, 0.25) is 0 Å². The van der Waals surface area contributed by atoms with Crippen LogP contribution < -0.4 is 4.90 Å². The molecule has 100 valence electrons. The second-order valence-electron chi connectivity index (χ2n) is 4.62. The van der Waals surface area contributed by atoms with Crippen LogP contribution in [0.1, 0.15) is 30.4 Å². The van der Waals surface area contributed by atoms with Gasteiger partial charge in [-0.15, -0.1) is 0 Å². The summed E-state index contributed by atoms with van der Waals surface area (Å²) in [6.45, 7) is 4.10. The molecule has 0 saturated carbocycles. The number of carbonyl (C=O) groups excluding carboxylic acids is 1. The molecule has 0 spiro atoms. The van der Waals surface area contributed by atoms with Crippen molar-refractivity contribution in [1.29, 1.82) is 0 Å². The van der Waals surface area contributed by atoms with Crippen molar-refractivity contribution in [3.63, 3.8) is 0 Å². The SMILES string of the molecule is CC(C)n1cc(Br)cc1C(=O)N(C)c1cccnc1. The smallest absolute Gasteiger partial charge is 0.274 e. The Bertz CT molecular complexity index is 578. The summed E-state index contributed by atoms with van der Waals surface area (Å²) >= 11 is 3.42. The molecule has 2 heterocycles. The van der Waals surface area contributed by atoms with Gasteiger partial charge < -0.3 is 9.47 Å². The van der Waals surface area contributed by atoms with E-state index in [0.29, 0.717) is 5.69 Å². The van der Waals surface area contributed by atoms with Gasteiger partial charge in [0.25, 0.3) is 5.91 Å². The van der Waals surface area contributed by atoms with E-state index in [1.54, 1.807) is 24.3 Å². The molecule has 2 aromatic heterocycles. The van der Waals surface area contributed by atoms with E-state index in [1.807, 2.05) is 42.8 Å². The summed E-state index contributed by atoms with van der Waals surface area (Å²) in [5.74, 6) is -0.0487. The van der Waals surface area contributed by atoms with E-state index in [-0.39, 0.29) is 11.9 Å². The first-order chi connectivity index (χ1) is 9.00. The maximum absolute atomic E-state index is 12.5. The molecule has 0 radical (unpaired) electrons. The largest absolute Gasteiger partial charge is 0.340 e. The van der Waals surface area contributed by atoms with Crippen LogP contribution >= 0.6 is 15.9 Å². The number of halogens is 1. The lowest BCUT2D eigenvalue weighted by molar-refractivity contribution is 0.0982. The van der Waals surface area contributed by atoms with Gasteiger partial charge in [-0.3, -0.25) is 9.78 Å². The second kappa shape index (κ2) is 5.57. The third kappa shape index (κ3) is 2.87. The minimum atomic E-state index is -0.0487. The topological polar surface area (TPSA) is 38.1 Å². The Morgan fingerprint density at radius 2 is 2.21 bits per heavy atom. The van der Waals surface area contributed by atoms with Crippen LogP contribution in [0.5, 0.6) is 0 Å². The predicted molar refractivity (Wildman–Crippen MR) is 79.5 cm³/mol. The van der Waals surface area contributed by atoms with Crippen LogP contribution in [0.25, 0.3) is 0 Å². The van der Waals surface area contributed by atoms with Crippen LogP contribution in [0, 0.1) is 0 Å². The van der Waals surface area contributed by atoms with Gasteiger partial charge in [0.1, 0.15) is 5.69 Å². The molecule has 0 fully saturated rings. The normalized spacial score (nSPS) is 10.8. The van der Waals surface area contributed by atoms with Gasteiger partial charge in [-0.1, -0.05) is 0 Å². The van der Waals surface area contributed by atoms with E-state index >= 15 is 0 Å². The summed E-state index contributed by atoms with van der Waals surface area (Å²) in [4.78, 5) is 18.2. The number of nitrogens with zero attached hydrogens (tertiary/aromatic N) is 3. The zero-order valence-corrected chi connectivity index (χ0v) is 12.8. The number of pyridine rings is 1. The molecule has 0 atom stereocenters. The average molecular weight is 322 g/mol. The van der Waals surface area contributed by atoms with Crippen molar-refractivity contribution in [2.45, 2.75) is 19.9 Å². The molecular formula is C14H16BrN3O. The van der Waals surface area contributed by atoms with Crippen molar-refractivity contribution >= 4 is 27.5 Å². The number of hydrogen-bond acceptors (Lipinski definition) is 2. The third-order valence-corrected chi connectivity index (χ3v) is 3.36. The summed E-state index contributed by atoms with van der Waals surface area (Å²) in [6.07, 6.45) is 5.29. The maximum Gasteiger partial charge on any atom is 0.274 e. The minimum Gasteiger partial charge on any atom is -0.340 e. The molecule has 1 amide bonds. The highest BCUT2D eigenvalue weighted by atomic mass is 79.9. The lowest BCUT2D eigenvalue weighted by Crippen LogP contribution is -2.28. The Morgan fingerprint density at radius 1 is 1.47 bits per heavy atom. The monoisotopic (exact) mass is 321 g/mol. The molecule has 2 aromatic rings. The van der Waals surface area contributed by atoms with Crippen LogP contribution in [0.2, 0.25) is 0 Å². The Hall–Kier alpha value is -1.62. The van der Waals surface area contributed by atoms with E-state index in [0.717, 1.165) is 10.2 Å². The maximum atomic E-state index is 12.5. The number of anilines is 1. The molecule has 4 nitrogen and oxygen atoms in total. The Balaban J connectivity index is 2.34. The first-order valence-electron chi connectivity index (χ1n) is 6.06. The van der Waals surface area contributed by atoms with Gasteiger partial charge in [0, 0.05) is 30.0 Å². The Kier molecular flexibility index (Phi) is 4.04. The first kappa shape index (κ1) is 13.8. The van der Waals surface area contributed by atoms with Crippen LogP contribution in [0.15, 0.2) is 41.3 Å². The molecule has 0 unspecified atom stereocenters.